The van der Waals surface area contributed by atoms with Gasteiger partial charge in [-0.25, -0.2) is 8.42 Å². The van der Waals surface area contributed by atoms with Crippen LogP contribution in [0, 0.1) is 0 Å². The van der Waals surface area contributed by atoms with Crippen LogP contribution in [0.2, 0.25) is 0 Å². The highest BCUT2D eigenvalue weighted by Gasteiger charge is 2.31. The second kappa shape index (κ2) is 8.00. The van der Waals surface area contributed by atoms with Gasteiger partial charge in [-0.15, -0.1) is 11.3 Å². The smallest absolute Gasteiger partial charge is 0.256 e. The SMILES string of the molecule is COc1cccc(C(=O)Nc2sc3c(c2S(=O)(=O)c2ccccc2)CCCC3)c1. The summed E-state index contributed by atoms with van der Waals surface area (Å²) in [5.41, 5.74) is 1.27. The van der Waals surface area contributed by atoms with E-state index in [1.165, 1.54) is 18.4 Å². The van der Waals surface area contributed by atoms with Crippen LogP contribution in [-0.2, 0) is 22.7 Å². The molecule has 0 radical (unpaired) electrons. The largest absolute Gasteiger partial charge is 0.497 e. The van der Waals surface area contributed by atoms with Gasteiger partial charge in [0.2, 0.25) is 9.84 Å². The first kappa shape index (κ1) is 19.7. The molecule has 1 N–H and O–H groups in total. The highest BCUT2D eigenvalue weighted by atomic mass is 32.2. The number of thiophene rings is 1. The van der Waals surface area contributed by atoms with E-state index in [4.69, 9.17) is 4.74 Å². The molecule has 5 nitrogen and oxygen atoms in total. The predicted molar refractivity (Wildman–Crippen MR) is 114 cm³/mol. The van der Waals surface area contributed by atoms with Gasteiger partial charge in [0.15, 0.2) is 0 Å². The Morgan fingerprint density at radius 1 is 1.03 bits per heavy atom. The van der Waals surface area contributed by atoms with Crippen molar-refractivity contribution in [1.82, 2.24) is 0 Å². The summed E-state index contributed by atoms with van der Waals surface area (Å²) in [5.74, 6) is 0.215. The van der Waals surface area contributed by atoms with Gasteiger partial charge in [-0.1, -0.05) is 24.3 Å². The van der Waals surface area contributed by atoms with Crippen molar-refractivity contribution in [2.75, 3.05) is 12.4 Å². The summed E-state index contributed by atoms with van der Waals surface area (Å²) in [5, 5.41) is 3.25. The van der Waals surface area contributed by atoms with Crippen molar-refractivity contribution >= 4 is 32.1 Å². The van der Waals surface area contributed by atoms with Gasteiger partial charge in [-0.2, -0.15) is 0 Å². The van der Waals surface area contributed by atoms with E-state index in [1.807, 2.05) is 0 Å². The molecule has 0 saturated carbocycles. The Morgan fingerprint density at radius 3 is 2.55 bits per heavy atom. The van der Waals surface area contributed by atoms with Crippen LogP contribution in [0.1, 0.15) is 33.6 Å². The molecule has 1 aliphatic carbocycles. The molecule has 1 amide bonds. The zero-order valence-electron chi connectivity index (χ0n) is 16.0. The van der Waals surface area contributed by atoms with E-state index in [2.05, 4.69) is 5.32 Å². The fourth-order valence-corrected chi connectivity index (χ4v) is 6.85. The number of hydrogen-bond donors (Lipinski definition) is 1. The highest BCUT2D eigenvalue weighted by molar-refractivity contribution is 7.92. The number of carbonyl (C=O) groups is 1. The number of rotatable bonds is 5. The molecule has 150 valence electrons. The first-order valence-corrected chi connectivity index (χ1v) is 11.7. The van der Waals surface area contributed by atoms with Crippen molar-refractivity contribution in [3.05, 3.63) is 70.6 Å². The van der Waals surface area contributed by atoms with Crippen LogP contribution < -0.4 is 10.1 Å². The summed E-state index contributed by atoms with van der Waals surface area (Å²) < 4.78 is 32.1. The van der Waals surface area contributed by atoms with E-state index in [0.29, 0.717) is 22.7 Å². The monoisotopic (exact) mass is 427 g/mol. The number of sulfone groups is 1. The fourth-order valence-electron chi connectivity index (χ4n) is 3.56. The molecule has 3 aromatic rings. The summed E-state index contributed by atoms with van der Waals surface area (Å²) >= 11 is 1.37. The normalized spacial score (nSPS) is 13.6. The lowest BCUT2D eigenvalue weighted by Crippen LogP contribution is -2.14. The quantitative estimate of drug-likeness (QED) is 0.639. The number of anilines is 1. The van der Waals surface area contributed by atoms with Gasteiger partial charge in [-0.05, 0) is 61.6 Å². The maximum Gasteiger partial charge on any atom is 0.256 e. The Labute approximate surface area is 174 Å². The van der Waals surface area contributed by atoms with E-state index in [1.54, 1.807) is 54.6 Å². The van der Waals surface area contributed by atoms with E-state index in [9.17, 15) is 13.2 Å². The Hall–Kier alpha value is -2.64. The first-order chi connectivity index (χ1) is 14.0. The zero-order valence-corrected chi connectivity index (χ0v) is 17.6. The summed E-state index contributed by atoms with van der Waals surface area (Å²) in [6.45, 7) is 0. The Balaban J connectivity index is 1.78. The number of amides is 1. The lowest BCUT2D eigenvalue weighted by molar-refractivity contribution is 0.102. The molecule has 29 heavy (non-hydrogen) atoms. The van der Waals surface area contributed by atoms with Crippen molar-refractivity contribution in [1.29, 1.82) is 0 Å². The number of fused-ring (bicyclic) bond motifs is 1. The van der Waals surface area contributed by atoms with Gasteiger partial charge in [0.05, 0.1) is 12.0 Å². The minimum absolute atomic E-state index is 0.239. The molecule has 1 aliphatic rings. The number of aryl methyl sites for hydroxylation is 1. The Bertz CT molecular complexity index is 1150. The van der Waals surface area contributed by atoms with Crippen molar-refractivity contribution in [2.45, 2.75) is 35.5 Å². The molecule has 0 unspecified atom stereocenters. The Kier molecular flexibility index (Phi) is 5.43. The number of benzene rings is 2. The van der Waals surface area contributed by atoms with Crippen LogP contribution in [-0.4, -0.2) is 21.4 Å². The topological polar surface area (TPSA) is 72.5 Å². The molecular formula is C22H21NO4S2. The van der Waals surface area contributed by atoms with Crippen molar-refractivity contribution in [2.24, 2.45) is 0 Å². The molecule has 0 saturated heterocycles. The number of nitrogens with one attached hydrogen (secondary N) is 1. The van der Waals surface area contributed by atoms with Crippen LogP contribution in [0.5, 0.6) is 5.75 Å². The van der Waals surface area contributed by atoms with E-state index in [0.717, 1.165) is 29.7 Å². The van der Waals surface area contributed by atoms with Crippen molar-refractivity contribution in [3.63, 3.8) is 0 Å². The lowest BCUT2D eigenvalue weighted by atomic mass is 9.99. The minimum atomic E-state index is -3.74. The second-order valence-corrected chi connectivity index (χ2v) is 9.86. The average molecular weight is 428 g/mol. The summed E-state index contributed by atoms with van der Waals surface area (Å²) in [4.78, 5) is 14.4. The summed E-state index contributed by atoms with van der Waals surface area (Å²) in [6.07, 6.45) is 3.53. The molecule has 1 heterocycles. The predicted octanol–water partition coefficient (Wildman–Crippen LogP) is 4.72. The van der Waals surface area contributed by atoms with Crippen molar-refractivity contribution < 1.29 is 17.9 Å². The lowest BCUT2D eigenvalue weighted by Gasteiger charge is -2.14. The number of carbonyl (C=O) groups excluding carboxylic acids is 1. The first-order valence-electron chi connectivity index (χ1n) is 9.41. The van der Waals surface area contributed by atoms with Gasteiger partial charge in [0.1, 0.15) is 15.6 Å². The highest BCUT2D eigenvalue weighted by Crippen LogP contribution is 2.43. The van der Waals surface area contributed by atoms with Crippen molar-refractivity contribution in [3.8, 4) is 5.75 Å². The summed E-state index contributed by atoms with van der Waals surface area (Å²) in [7, 11) is -2.20. The van der Waals surface area contributed by atoms with Crippen LogP contribution in [0.15, 0.2) is 64.4 Å². The van der Waals surface area contributed by atoms with Crippen LogP contribution in [0.4, 0.5) is 5.00 Å². The zero-order chi connectivity index (χ0) is 20.4. The van der Waals surface area contributed by atoms with Gasteiger partial charge in [0.25, 0.3) is 5.91 Å². The van der Waals surface area contributed by atoms with E-state index >= 15 is 0 Å². The average Bonchev–Trinajstić information content (AvgIpc) is 3.13. The molecule has 0 aliphatic heterocycles. The van der Waals surface area contributed by atoms with Gasteiger partial charge in [0, 0.05) is 10.4 Å². The minimum Gasteiger partial charge on any atom is -0.497 e. The van der Waals surface area contributed by atoms with Crippen LogP contribution in [0.25, 0.3) is 0 Å². The standard InChI is InChI=1S/C22H21NO4S2/c1-27-16-9-7-8-15(14-16)21(24)23-22-20(18-12-5-6-13-19(18)28-22)29(25,26)17-10-3-2-4-11-17/h2-4,7-11,14H,5-6,12-13H2,1H3,(H,23,24). The molecule has 1 aromatic heterocycles. The third-order valence-corrected chi connectivity index (χ3v) is 8.22. The van der Waals surface area contributed by atoms with Gasteiger partial charge >= 0.3 is 0 Å². The summed E-state index contributed by atoms with van der Waals surface area (Å²) in [6, 6.07) is 15.2. The molecule has 0 atom stereocenters. The van der Waals surface area contributed by atoms with Gasteiger partial charge < -0.3 is 10.1 Å². The fraction of sp³-hybridized carbons (Fsp3) is 0.227. The van der Waals surface area contributed by atoms with Crippen LogP contribution >= 0.6 is 11.3 Å². The molecule has 2 aromatic carbocycles. The number of methoxy groups -OCH3 is 1. The molecule has 4 rings (SSSR count). The maximum atomic E-state index is 13.4. The molecule has 0 bridgehead atoms. The third kappa shape index (κ3) is 3.80. The molecule has 7 heteroatoms. The maximum absolute atomic E-state index is 13.4. The van der Waals surface area contributed by atoms with E-state index < -0.39 is 9.84 Å². The number of ether oxygens (including phenoxy) is 1. The second-order valence-electron chi connectivity index (χ2n) is 6.87. The molecule has 0 fully saturated rings. The van der Waals surface area contributed by atoms with Gasteiger partial charge in [-0.3, -0.25) is 4.79 Å². The van der Waals surface area contributed by atoms with Crippen LogP contribution in [0.3, 0.4) is 0 Å². The Morgan fingerprint density at radius 2 is 1.79 bits per heavy atom. The number of hydrogen-bond acceptors (Lipinski definition) is 5. The molecule has 0 spiro atoms. The van der Waals surface area contributed by atoms with E-state index in [-0.39, 0.29) is 15.7 Å². The third-order valence-electron chi connectivity index (χ3n) is 5.00. The molecular weight excluding hydrogens is 406 g/mol.